The summed E-state index contributed by atoms with van der Waals surface area (Å²) in [4.78, 5) is 16.7. The van der Waals surface area contributed by atoms with Crippen LogP contribution in [-0.2, 0) is 0 Å². The van der Waals surface area contributed by atoms with Gasteiger partial charge in [0.1, 0.15) is 11.6 Å². The highest BCUT2D eigenvalue weighted by Gasteiger charge is 2.09. The topological polar surface area (TPSA) is 63.2 Å². The summed E-state index contributed by atoms with van der Waals surface area (Å²) < 4.78 is 5.16. The first-order valence-corrected chi connectivity index (χ1v) is 8.37. The number of halogens is 1. The van der Waals surface area contributed by atoms with Crippen LogP contribution in [0.2, 0.25) is 5.02 Å². The van der Waals surface area contributed by atoms with Crippen LogP contribution in [0.3, 0.4) is 0 Å². The first-order valence-electron chi connectivity index (χ1n) is 8.00. The Hall–Kier alpha value is -3.05. The molecule has 0 unspecified atom stereocenters. The van der Waals surface area contributed by atoms with Gasteiger partial charge < -0.3 is 15.4 Å². The van der Waals surface area contributed by atoms with Gasteiger partial charge in [0.15, 0.2) is 0 Å². The Labute approximate surface area is 157 Å². The fourth-order valence-corrected chi connectivity index (χ4v) is 2.54. The average Bonchev–Trinajstić information content (AvgIpc) is 2.65. The Kier molecular flexibility index (Phi) is 5.39. The van der Waals surface area contributed by atoms with E-state index < -0.39 is 0 Å². The van der Waals surface area contributed by atoms with Crippen LogP contribution in [0.4, 0.5) is 17.2 Å². The first kappa shape index (κ1) is 17.8. The van der Waals surface area contributed by atoms with E-state index in [0.29, 0.717) is 27.8 Å². The molecule has 2 N–H and O–H groups in total. The van der Waals surface area contributed by atoms with Gasteiger partial charge in [-0.1, -0.05) is 23.7 Å². The lowest BCUT2D eigenvalue weighted by Crippen LogP contribution is -2.12. The van der Waals surface area contributed by atoms with E-state index in [1.165, 1.54) is 0 Å². The summed E-state index contributed by atoms with van der Waals surface area (Å²) in [5.41, 5.74) is 2.95. The summed E-state index contributed by atoms with van der Waals surface area (Å²) in [7, 11) is 1.58. The Morgan fingerprint density at radius 3 is 2.69 bits per heavy atom. The minimum Gasteiger partial charge on any atom is -0.497 e. The molecule has 2 aromatic carbocycles. The molecule has 26 heavy (non-hydrogen) atoms. The van der Waals surface area contributed by atoms with Crippen molar-refractivity contribution in [3.05, 3.63) is 76.9 Å². The van der Waals surface area contributed by atoms with Crippen molar-refractivity contribution >= 4 is 34.7 Å². The second-order valence-corrected chi connectivity index (χ2v) is 6.11. The van der Waals surface area contributed by atoms with Crippen molar-refractivity contribution in [2.75, 3.05) is 17.7 Å². The zero-order valence-electron chi connectivity index (χ0n) is 14.4. The van der Waals surface area contributed by atoms with Crippen LogP contribution in [0.25, 0.3) is 0 Å². The van der Waals surface area contributed by atoms with E-state index in [-0.39, 0.29) is 5.91 Å². The molecule has 5 nitrogen and oxygen atoms in total. The van der Waals surface area contributed by atoms with Crippen molar-refractivity contribution in [1.29, 1.82) is 0 Å². The number of anilines is 3. The van der Waals surface area contributed by atoms with Crippen LogP contribution in [0.5, 0.6) is 5.75 Å². The van der Waals surface area contributed by atoms with E-state index >= 15 is 0 Å². The number of ether oxygens (including phenoxy) is 1. The number of amides is 1. The van der Waals surface area contributed by atoms with Gasteiger partial charge in [0.25, 0.3) is 5.91 Å². The van der Waals surface area contributed by atoms with Crippen LogP contribution in [0, 0.1) is 6.92 Å². The third-order valence-corrected chi connectivity index (χ3v) is 4.20. The summed E-state index contributed by atoms with van der Waals surface area (Å²) in [5.74, 6) is 1.00. The number of rotatable bonds is 5. The molecule has 0 spiro atoms. The van der Waals surface area contributed by atoms with Crippen molar-refractivity contribution in [3.8, 4) is 5.75 Å². The van der Waals surface area contributed by atoms with Crippen LogP contribution >= 0.6 is 11.6 Å². The van der Waals surface area contributed by atoms with Gasteiger partial charge in [-0.15, -0.1) is 0 Å². The summed E-state index contributed by atoms with van der Waals surface area (Å²) in [6.07, 6.45) is 1.58. The van der Waals surface area contributed by atoms with Crippen molar-refractivity contribution in [2.45, 2.75) is 6.92 Å². The summed E-state index contributed by atoms with van der Waals surface area (Å²) in [6.45, 7) is 1.94. The van der Waals surface area contributed by atoms with E-state index in [9.17, 15) is 4.79 Å². The number of aromatic nitrogens is 1. The SMILES string of the molecule is COc1cccc(NC(=O)c2ccnc(Nc3ccc(C)c(Cl)c3)c2)c1. The maximum Gasteiger partial charge on any atom is 0.255 e. The standard InChI is InChI=1S/C20H18ClN3O2/c1-13-6-7-16(12-18(13)21)23-19-10-14(8-9-22-19)20(25)24-15-4-3-5-17(11-15)26-2/h3-12H,1-2H3,(H,22,23)(H,24,25). The monoisotopic (exact) mass is 367 g/mol. The number of nitrogens with one attached hydrogen (secondary N) is 2. The quantitative estimate of drug-likeness (QED) is 0.662. The molecular formula is C20H18ClN3O2. The highest BCUT2D eigenvalue weighted by molar-refractivity contribution is 6.31. The molecule has 0 aliphatic heterocycles. The van der Waals surface area contributed by atoms with Gasteiger partial charge in [-0.3, -0.25) is 4.79 Å². The fourth-order valence-electron chi connectivity index (χ4n) is 2.36. The smallest absolute Gasteiger partial charge is 0.255 e. The normalized spacial score (nSPS) is 10.3. The van der Waals surface area contributed by atoms with Crippen molar-refractivity contribution in [3.63, 3.8) is 0 Å². The van der Waals surface area contributed by atoms with Crippen LogP contribution in [-0.4, -0.2) is 18.0 Å². The van der Waals surface area contributed by atoms with Crippen molar-refractivity contribution < 1.29 is 9.53 Å². The summed E-state index contributed by atoms with van der Waals surface area (Å²) in [6, 6.07) is 16.2. The summed E-state index contributed by atoms with van der Waals surface area (Å²) >= 11 is 6.14. The molecule has 0 saturated heterocycles. The zero-order chi connectivity index (χ0) is 18.5. The Balaban J connectivity index is 1.75. The van der Waals surface area contributed by atoms with Crippen LogP contribution in [0.15, 0.2) is 60.8 Å². The van der Waals surface area contributed by atoms with E-state index in [0.717, 1.165) is 11.3 Å². The minimum atomic E-state index is -0.231. The van der Waals surface area contributed by atoms with Crippen molar-refractivity contribution in [1.82, 2.24) is 4.98 Å². The van der Waals surface area contributed by atoms with Gasteiger partial charge in [0, 0.05) is 34.2 Å². The van der Waals surface area contributed by atoms with Gasteiger partial charge in [-0.25, -0.2) is 4.98 Å². The second-order valence-electron chi connectivity index (χ2n) is 5.70. The zero-order valence-corrected chi connectivity index (χ0v) is 15.2. The Bertz CT molecular complexity index is 944. The fraction of sp³-hybridized carbons (Fsp3) is 0.100. The molecule has 0 saturated carbocycles. The largest absolute Gasteiger partial charge is 0.497 e. The van der Waals surface area contributed by atoms with E-state index in [1.54, 1.807) is 37.6 Å². The van der Waals surface area contributed by atoms with E-state index in [4.69, 9.17) is 16.3 Å². The number of hydrogen-bond acceptors (Lipinski definition) is 4. The van der Waals surface area contributed by atoms with Gasteiger partial charge in [-0.2, -0.15) is 0 Å². The maximum absolute atomic E-state index is 12.5. The highest BCUT2D eigenvalue weighted by atomic mass is 35.5. The molecule has 0 atom stereocenters. The minimum absolute atomic E-state index is 0.231. The molecule has 3 aromatic rings. The number of hydrogen-bond donors (Lipinski definition) is 2. The molecule has 3 rings (SSSR count). The average molecular weight is 368 g/mol. The molecular weight excluding hydrogens is 350 g/mol. The molecule has 0 fully saturated rings. The van der Waals surface area contributed by atoms with Crippen LogP contribution < -0.4 is 15.4 Å². The Morgan fingerprint density at radius 1 is 1.08 bits per heavy atom. The van der Waals surface area contributed by atoms with Gasteiger partial charge in [-0.05, 0) is 48.9 Å². The predicted octanol–water partition coefficient (Wildman–Crippen LogP) is 5.05. The molecule has 6 heteroatoms. The number of carbonyl (C=O) groups excluding carboxylic acids is 1. The lowest BCUT2D eigenvalue weighted by Gasteiger charge is -2.10. The van der Waals surface area contributed by atoms with Gasteiger partial charge in [0.05, 0.1) is 7.11 Å². The molecule has 1 aromatic heterocycles. The molecule has 0 bridgehead atoms. The number of aryl methyl sites for hydroxylation is 1. The first-order chi connectivity index (χ1) is 12.5. The Morgan fingerprint density at radius 2 is 1.92 bits per heavy atom. The number of benzene rings is 2. The van der Waals surface area contributed by atoms with Gasteiger partial charge >= 0.3 is 0 Å². The van der Waals surface area contributed by atoms with E-state index in [1.807, 2.05) is 37.3 Å². The lowest BCUT2D eigenvalue weighted by atomic mass is 10.2. The molecule has 0 aliphatic rings. The molecule has 0 aliphatic carbocycles. The molecule has 1 heterocycles. The number of nitrogens with zero attached hydrogens (tertiary/aromatic N) is 1. The van der Waals surface area contributed by atoms with Crippen LogP contribution in [0.1, 0.15) is 15.9 Å². The van der Waals surface area contributed by atoms with E-state index in [2.05, 4.69) is 15.6 Å². The maximum atomic E-state index is 12.5. The third kappa shape index (κ3) is 4.32. The molecule has 1 amide bonds. The molecule has 0 radical (unpaired) electrons. The highest BCUT2D eigenvalue weighted by Crippen LogP contribution is 2.23. The van der Waals surface area contributed by atoms with Gasteiger partial charge in [0.2, 0.25) is 0 Å². The second kappa shape index (κ2) is 7.89. The number of methoxy groups -OCH3 is 1. The third-order valence-electron chi connectivity index (χ3n) is 3.79. The predicted molar refractivity (Wildman–Crippen MR) is 105 cm³/mol. The lowest BCUT2D eigenvalue weighted by molar-refractivity contribution is 0.102. The number of carbonyl (C=O) groups is 1. The van der Waals surface area contributed by atoms with Crippen molar-refractivity contribution in [2.24, 2.45) is 0 Å². The molecule has 132 valence electrons. The number of pyridine rings is 1. The summed E-state index contributed by atoms with van der Waals surface area (Å²) in [5, 5.41) is 6.67.